The highest BCUT2D eigenvalue weighted by atomic mass is 35.5. The molecule has 1 heterocycles. The van der Waals surface area contributed by atoms with Gasteiger partial charge in [-0.3, -0.25) is 9.59 Å². The Balaban J connectivity index is 1.84. The summed E-state index contributed by atoms with van der Waals surface area (Å²) in [6.07, 6.45) is 2.14. The first-order valence-electron chi connectivity index (χ1n) is 7.41. The number of halogens is 1. The Hall–Kier alpha value is -3.12. The Morgan fingerprint density at radius 3 is 2.76 bits per heavy atom. The van der Waals surface area contributed by atoms with E-state index in [0.29, 0.717) is 33.8 Å². The number of hydrogen-bond acceptors (Lipinski definition) is 5. The van der Waals surface area contributed by atoms with E-state index in [2.05, 4.69) is 15.6 Å². The number of nitrogens with zero attached hydrogens (tertiary/aromatic N) is 1. The zero-order valence-corrected chi connectivity index (χ0v) is 14.0. The fraction of sp³-hybridized carbons (Fsp3) is 0.0556. The lowest BCUT2D eigenvalue weighted by Gasteiger charge is -2.05. The largest absolute Gasteiger partial charge is 0.436 e. The van der Waals surface area contributed by atoms with Gasteiger partial charge in [0.05, 0.1) is 5.57 Å². The summed E-state index contributed by atoms with van der Waals surface area (Å²) < 4.78 is 5.57. The second-order valence-electron chi connectivity index (χ2n) is 5.25. The van der Waals surface area contributed by atoms with Gasteiger partial charge in [-0.15, -0.1) is 0 Å². The smallest absolute Gasteiger partial charge is 0.232 e. The third kappa shape index (κ3) is 4.05. The number of benzene rings is 2. The fourth-order valence-electron chi connectivity index (χ4n) is 2.22. The molecule has 0 aliphatic carbocycles. The summed E-state index contributed by atoms with van der Waals surface area (Å²) in [5.41, 5.74) is 2.71. The highest BCUT2D eigenvalue weighted by Gasteiger charge is 2.10. The number of carbonyl (C=O) groups is 2. The molecule has 3 rings (SSSR count). The third-order valence-corrected chi connectivity index (χ3v) is 3.54. The Bertz CT molecular complexity index is 979. The number of fused-ring (bicyclic) bond motifs is 1. The van der Waals surface area contributed by atoms with E-state index in [1.165, 1.54) is 13.1 Å². The molecule has 0 saturated carbocycles. The van der Waals surface area contributed by atoms with Gasteiger partial charge in [0.25, 0.3) is 0 Å². The van der Waals surface area contributed by atoms with E-state index in [1.54, 1.807) is 42.5 Å². The van der Waals surface area contributed by atoms with Gasteiger partial charge in [-0.25, -0.2) is 4.98 Å². The van der Waals surface area contributed by atoms with Crippen LogP contribution in [0.2, 0.25) is 5.02 Å². The molecule has 0 radical (unpaired) electrons. The van der Waals surface area contributed by atoms with Crippen molar-refractivity contribution in [1.82, 2.24) is 4.98 Å². The molecule has 1 aromatic heterocycles. The number of carbonyl (C=O) groups excluding carboxylic acids is 2. The summed E-state index contributed by atoms with van der Waals surface area (Å²) in [6, 6.07) is 12.1. The van der Waals surface area contributed by atoms with E-state index in [4.69, 9.17) is 16.0 Å². The maximum Gasteiger partial charge on any atom is 0.232 e. The van der Waals surface area contributed by atoms with Crippen LogP contribution in [-0.4, -0.2) is 17.2 Å². The van der Waals surface area contributed by atoms with Crippen LogP contribution >= 0.6 is 11.6 Å². The van der Waals surface area contributed by atoms with Crippen LogP contribution in [0.4, 0.5) is 11.4 Å². The van der Waals surface area contributed by atoms with Crippen molar-refractivity contribution < 1.29 is 14.0 Å². The van der Waals surface area contributed by atoms with Crippen molar-refractivity contribution in [2.45, 2.75) is 6.92 Å². The lowest BCUT2D eigenvalue weighted by molar-refractivity contribution is -0.114. The standard InChI is InChI=1S/C18H14ClN3O3/c1-11(24)21-15-4-2-3-14(8-15)20-9-12(10-23)18-22-16-7-13(19)5-6-17(16)25-18/h2-10,20H,1H3,(H,21,24)/b12-9+. The van der Waals surface area contributed by atoms with Gasteiger partial charge in [0.1, 0.15) is 5.52 Å². The number of allylic oxidation sites excluding steroid dienone is 1. The van der Waals surface area contributed by atoms with Crippen molar-refractivity contribution in [1.29, 1.82) is 0 Å². The SMILES string of the molecule is CC(=O)Nc1cccc(N/C=C(\C=O)c2nc3cc(Cl)ccc3o2)c1. The van der Waals surface area contributed by atoms with E-state index in [-0.39, 0.29) is 17.4 Å². The Morgan fingerprint density at radius 2 is 2.00 bits per heavy atom. The normalized spacial score (nSPS) is 11.4. The minimum atomic E-state index is -0.161. The molecule has 126 valence electrons. The molecule has 0 spiro atoms. The Morgan fingerprint density at radius 1 is 1.20 bits per heavy atom. The van der Waals surface area contributed by atoms with Crippen LogP contribution in [0, 0.1) is 0 Å². The average molecular weight is 356 g/mol. The van der Waals surface area contributed by atoms with Crippen molar-refractivity contribution in [3.05, 3.63) is 59.6 Å². The molecule has 0 saturated heterocycles. The Labute approximate surface area is 148 Å². The van der Waals surface area contributed by atoms with Crippen LogP contribution in [-0.2, 0) is 9.59 Å². The van der Waals surface area contributed by atoms with E-state index in [1.807, 2.05) is 0 Å². The molecule has 0 aliphatic rings. The average Bonchev–Trinajstić information content (AvgIpc) is 2.98. The van der Waals surface area contributed by atoms with Gasteiger partial charge in [-0.2, -0.15) is 0 Å². The van der Waals surface area contributed by atoms with Gasteiger partial charge >= 0.3 is 0 Å². The van der Waals surface area contributed by atoms with Crippen molar-refractivity contribution >= 4 is 51.8 Å². The highest BCUT2D eigenvalue weighted by molar-refractivity contribution is 6.31. The van der Waals surface area contributed by atoms with Gasteiger partial charge in [0.2, 0.25) is 11.8 Å². The van der Waals surface area contributed by atoms with E-state index in [0.717, 1.165) is 0 Å². The van der Waals surface area contributed by atoms with Crippen molar-refractivity contribution in [3.63, 3.8) is 0 Å². The number of aromatic nitrogens is 1. The molecule has 0 bridgehead atoms. The Kier molecular flexibility index (Phi) is 4.81. The van der Waals surface area contributed by atoms with Crippen LogP contribution < -0.4 is 10.6 Å². The van der Waals surface area contributed by atoms with Crippen LogP contribution in [0.15, 0.2) is 53.1 Å². The van der Waals surface area contributed by atoms with Crippen LogP contribution in [0.25, 0.3) is 16.7 Å². The molecule has 2 aromatic carbocycles. The number of nitrogens with one attached hydrogen (secondary N) is 2. The third-order valence-electron chi connectivity index (χ3n) is 3.30. The molecular weight excluding hydrogens is 342 g/mol. The van der Waals surface area contributed by atoms with E-state index in [9.17, 15) is 9.59 Å². The quantitative estimate of drug-likeness (QED) is 0.532. The van der Waals surface area contributed by atoms with Gasteiger partial charge in [-0.1, -0.05) is 17.7 Å². The molecule has 0 unspecified atom stereocenters. The summed E-state index contributed by atoms with van der Waals surface area (Å²) in [7, 11) is 0. The van der Waals surface area contributed by atoms with Gasteiger partial charge < -0.3 is 15.1 Å². The molecule has 25 heavy (non-hydrogen) atoms. The second-order valence-corrected chi connectivity index (χ2v) is 5.69. The summed E-state index contributed by atoms with van der Waals surface area (Å²) in [5.74, 6) is 0.0317. The summed E-state index contributed by atoms with van der Waals surface area (Å²) in [5, 5.41) is 6.22. The number of rotatable bonds is 5. The van der Waals surface area contributed by atoms with Crippen LogP contribution in [0.5, 0.6) is 0 Å². The zero-order valence-electron chi connectivity index (χ0n) is 13.2. The minimum absolute atomic E-state index is 0.161. The number of anilines is 2. The maximum absolute atomic E-state index is 11.4. The van der Waals surface area contributed by atoms with E-state index < -0.39 is 0 Å². The van der Waals surface area contributed by atoms with Gasteiger partial charge in [0, 0.05) is 29.5 Å². The highest BCUT2D eigenvalue weighted by Crippen LogP contribution is 2.23. The van der Waals surface area contributed by atoms with Crippen LogP contribution in [0.1, 0.15) is 12.8 Å². The topological polar surface area (TPSA) is 84.2 Å². The first-order chi connectivity index (χ1) is 12.0. The van der Waals surface area contributed by atoms with Gasteiger partial charge in [0.15, 0.2) is 11.9 Å². The molecule has 2 N–H and O–H groups in total. The molecule has 0 atom stereocenters. The second kappa shape index (κ2) is 7.19. The summed E-state index contributed by atoms with van der Waals surface area (Å²) >= 11 is 5.93. The molecule has 0 fully saturated rings. The first-order valence-corrected chi connectivity index (χ1v) is 7.79. The van der Waals surface area contributed by atoms with Crippen molar-refractivity contribution in [3.8, 4) is 0 Å². The summed E-state index contributed by atoms with van der Waals surface area (Å²) in [4.78, 5) is 26.8. The molecule has 7 heteroatoms. The number of amides is 1. The number of aldehydes is 1. The zero-order chi connectivity index (χ0) is 17.8. The maximum atomic E-state index is 11.4. The van der Waals surface area contributed by atoms with Gasteiger partial charge in [-0.05, 0) is 36.4 Å². The van der Waals surface area contributed by atoms with E-state index >= 15 is 0 Å². The number of oxazole rings is 1. The number of hydrogen-bond donors (Lipinski definition) is 2. The predicted octanol–water partition coefficient (Wildman–Crippen LogP) is 4.09. The molecular formula is C18H14ClN3O3. The van der Waals surface area contributed by atoms with Crippen molar-refractivity contribution in [2.24, 2.45) is 0 Å². The van der Waals surface area contributed by atoms with Crippen molar-refractivity contribution in [2.75, 3.05) is 10.6 Å². The lowest BCUT2D eigenvalue weighted by Crippen LogP contribution is -2.05. The molecule has 1 amide bonds. The lowest BCUT2D eigenvalue weighted by atomic mass is 10.2. The first kappa shape index (κ1) is 16.7. The summed E-state index contributed by atoms with van der Waals surface area (Å²) in [6.45, 7) is 1.43. The molecule has 0 aliphatic heterocycles. The molecule has 3 aromatic rings. The van der Waals surface area contributed by atoms with Crippen LogP contribution in [0.3, 0.4) is 0 Å². The monoisotopic (exact) mass is 355 g/mol. The predicted molar refractivity (Wildman–Crippen MR) is 97.4 cm³/mol. The molecule has 6 nitrogen and oxygen atoms in total. The fourth-order valence-corrected chi connectivity index (χ4v) is 2.39. The minimum Gasteiger partial charge on any atom is -0.436 e.